The summed E-state index contributed by atoms with van der Waals surface area (Å²) in [7, 11) is 0. The average Bonchev–Trinajstić information content (AvgIpc) is 2.69. The molecule has 0 aliphatic carbocycles. The van der Waals surface area contributed by atoms with Crippen molar-refractivity contribution in [3.05, 3.63) is 0 Å². The molecule has 1 heterocycles. The van der Waals surface area contributed by atoms with Crippen LogP contribution in [0.25, 0.3) is 0 Å². The zero-order valence-corrected chi connectivity index (χ0v) is 8.79. The average molecular weight is 200 g/mol. The zero-order chi connectivity index (χ0) is 10.4. The monoisotopic (exact) mass is 200 g/mol. The second-order valence-electron chi connectivity index (χ2n) is 3.73. The first-order valence-corrected chi connectivity index (χ1v) is 5.39. The normalized spacial score (nSPS) is 23.4. The summed E-state index contributed by atoms with van der Waals surface area (Å²) in [6.07, 6.45) is 4.20. The summed E-state index contributed by atoms with van der Waals surface area (Å²) in [6.45, 7) is 3.45. The summed E-state index contributed by atoms with van der Waals surface area (Å²) in [5.41, 5.74) is 5.57. The van der Waals surface area contributed by atoms with Crippen molar-refractivity contribution in [2.24, 2.45) is 5.73 Å². The Balaban J connectivity index is 2.05. The van der Waals surface area contributed by atoms with Gasteiger partial charge in [-0.1, -0.05) is 6.92 Å². The van der Waals surface area contributed by atoms with Crippen LogP contribution in [0.1, 0.15) is 32.6 Å². The van der Waals surface area contributed by atoms with Crippen LogP contribution in [-0.2, 0) is 9.53 Å². The summed E-state index contributed by atoms with van der Waals surface area (Å²) in [4.78, 5) is 11.3. The number of hydrogen-bond donors (Lipinski definition) is 2. The predicted octanol–water partition coefficient (Wildman–Crippen LogP) is 0.409. The molecule has 3 N–H and O–H groups in total. The van der Waals surface area contributed by atoms with Crippen molar-refractivity contribution >= 4 is 5.91 Å². The molecular formula is C10H20N2O2. The molecule has 4 heteroatoms. The minimum atomic E-state index is -0.362. The van der Waals surface area contributed by atoms with Gasteiger partial charge in [-0.3, -0.25) is 4.79 Å². The molecule has 14 heavy (non-hydrogen) atoms. The number of rotatable bonds is 5. The number of carbonyl (C=O) groups is 1. The topological polar surface area (TPSA) is 64.4 Å². The summed E-state index contributed by atoms with van der Waals surface area (Å²) >= 11 is 0. The fourth-order valence-electron chi connectivity index (χ4n) is 1.54. The summed E-state index contributed by atoms with van der Waals surface area (Å²) in [5, 5.41) is 2.82. The number of carbonyl (C=O) groups excluding carboxylic acids is 1. The molecule has 1 aliphatic heterocycles. The highest BCUT2D eigenvalue weighted by molar-refractivity contribution is 5.81. The molecule has 1 fully saturated rings. The Bertz CT molecular complexity index is 179. The third kappa shape index (κ3) is 3.64. The van der Waals surface area contributed by atoms with Crippen molar-refractivity contribution in [1.82, 2.24) is 5.32 Å². The molecule has 1 aliphatic rings. The molecule has 0 saturated carbocycles. The maximum Gasteiger partial charge on any atom is 0.236 e. The van der Waals surface area contributed by atoms with Crippen LogP contribution in [0.5, 0.6) is 0 Å². The van der Waals surface area contributed by atoms with Gasteiger partial charge in [0, 0.05) is 13.2 Å². The van der Waals surface area contributed by atoms with Crippen LogP contribution >= 0.6 is 0 Å². The van der Waals surface area contributed by atoms with E-state index in [-0.39, 0.29) is 11.9 Å². The van der Waals surface area contributed by atoms with Gasteiger partial charge in [-0.05, 0) is 25.7 Å². The van der Waals surface area contributed by atoms with Gasteiger partial charge < -0.3 is 15.8 Å². The summed E-state index contributed by atoms with van der Waals surface area (Å²) in [5.74, 6) is -0.0505. The van der Waals surface area contributed by atoms with E-state index in [1.54, 1.807) is 0 Å². The number of ether oxygens (including phenoxy) is 1. The maximum absolute atomic E-state index is 11.3. The second kappa shape index (κ2) is 5.98. The Hall–Kier alpha value is -0.610. The Kier molecular flexibility index (Phi) is 4.90. The van der Waals surface area contributed by atoms with E-state index in [1.165, 1.54) is 0 Å². The molecule has 1 rings (SSSR count). The van der Waals surface area contributed by atoms with Crippen LogP contribution in [-0.4, -0.2) is 31.2 Å². The Morgan fingerprint density at radius 1 is 1.71 bits per heavy atom. The molecule has 0 aromatic heterocycles. The molecule has 0 aromatic rings. The summed E-state index contributed by atoms with van der Waals surface area (Å²) in [6, 6.07) is -0.362. The predicted molar refractivity (Wildman–Crippen MR) is 54.9 cm³/mol. The Morgan fingerprint density at radius 2 is 2.50 bits per heavy atom. The van der Waals surface area contributed by atoms with Crippen molar-refractivity contribution in [2.45, 2.75) is 44.8 Å². The van der Waals surface area contributed by atoms with Crippen molar-refractivity contribution < 1.29 is 9.53 Å². The lowest BCUT2D eigenvalue weighted by molar-refractivity contribution is -0.122. The van der Waals surface area contributed by atoms with Gasteiger partial charge in [0.2, 0.25) is 5.91 Å². The van der Waals surface area contributed by atoms with Crippen LogP contribution in [0, 0.1) is 0 Å². The third-order valence-electron chi connectivity index (χ3n) is 2.57. The largest absolute Gasteiger partial charge is 0.378 e. The van der Waals surface area contributed by atoms with E-state index in [1.807, 2.05) is 6.92 Å². The molecule has 1 amide bonds. The molecule has 0 bridgehead atoms. The van der Waals surface area contributed by atoms with Gasteiger partial charge in [0.1, 0.15) is 0 Å². The van der Waals surface area contributed by atoms with E-state index in [2.05, 4.69) is 5.32 Å². The molecule has 0 radical (unpaired) electrons. The second-order valence-corrected chi connectivity index (χ2v) is 3.73. The van der Waals surface area contributed by atoms with Crippen molar-refractivity contribution in [3.63, 3.8) is 0 Å². The first-order valence-electron chi connectivity index (χ1n) is 5.39. The maximum atomic E-state index is 11.3. The van der Waals surface area contributed by atoms with Crippen LogP contribution in [0.4, 0.5) is 0 Å². The van der Waals surface area contributed by atoms with Crippen LogP contribution in [0.3, 0.4) is 0 Å². The molecular weight excluding hydrogens is 180 g/mol. The lowest BCUT2D eigenvalue weighted by atomic mass is 10.2. The highest BCUT2D eigenvalue weighted by atomic mass is 16.5. The first-order chi connectivity index (χ1) is 6.74. The van der Waals surface area contributed by atoms with E-state index in [4.69, 9.17) is 10.5 Å². The standard InChI is InChI=1S/C10H20N2O2/c1-2-9(11)10(13)12-6-5-8-4-3-7-14-8/h8-9H,2-7,11H2,1H3,(H,12,13). The molecule has 2 atom stereocenters. The highest BCUT2D eigenvalue weighted by Gasteiger charge is 2.16. The molecule has 4 nitrogen and oxygen atoms in total. The minimum Gasteiger partial charge on any atom is -0.378 e. The van der Waals surface area contributed by atoms with Gasteiger partial charge in [-0.25, -0.2) is 0 Å². The molecule has 2 unspecified atom stereocenters. The lowest BCUT2D eigenvalue weighted by Gasteiger charge is -2.12. The highest BCUT2D eigenvalue weighted by Crippen LogP contribution is 2.14. The molecule has 0 aromatic carbocycles. The quantitative estimate of drug-likeness (QED) is 0.675. The molecule has 1 saturated heterocycles. The van der Waals surface area contributed by atoms with Crippen molar-refractivity contribution in [3.8, 4) is 0 Å². The fraction of sp³-hybridized carbons (Fsp3) is 0.900. The van der Waals surface area contributed by atoms with E-state index in [9.17, 15) is 4.79 Å². The SMILES string of the molecule is CCC(N)C(=O)NCCC1CCCO1. The van der Waals surface area contributed by atoms with Crippen LogP contribution in [0.15, 0.2) is 0 Å². The number of nitrogens with one attached hydrogen (secondary N) is 1. The molecule has 0 spiro atoms. The fourth-order valence-corrected chi connectivity index (χ4v) is 1.54. The van der Waals surface area contributed by atoms with Crippen LogP contribution < -0.4 is 11.1 Å². The number of nitrogens with two attached hydrogens (primary N) is 1. The van der Waals surface area contributed by atoms with Gasteiger partial charge in [0.25, 0.3) is 0 Å². The minimum absolute atomic E-state index is 0.0505. The number of amides is 1. The van der Waals surface area contributed by atoms with Gasteiger partial charge >= 0.3 is 0 Å². The molecule has 82 valence electrons. The first kappa shape index (κ1) is 11.5. The number of hydrogen-bond acceptors (Lipinski definition) is 3. The zero-order valence-electron chi connectivity index (χ0n) is 8.79. The lowest BCUT2D eigenvalue weighted by Crippen LogP contribution is -2.40. The summed E-state index contributed by atoms with van der Waals surface area (Å²) < 4.78 is 5.44. The van der Waals surface area contributed by atoms with E-state index in [0.29, 0.717) is 19.1 Å². The van der Waals surface area contributed by atoms with Crippen molar-refractivity contribution in [1.29, 1.82) is 0 Å². The van der Waals surface area contributed by atoms with Gasteiger partial charge in [0.05, 0.1) is 12.1 Å². The Morgan fingerprint density at radius 3 is 3.07 bits per heavy atom. The Labute approximate surface area is 85.2 Å². The van der Waals surface area contributed by atoms with Crippen LogP contribution in [0.2, 0.25) is 0 Å². The smallest absolute Gasteiger partial charge is 0.236 e. The van der Waals surface area contributed by atoms with E-state index >= 15 is 0 Å². The van der Waals surface area contributed by atoms with Gasteiger partial charge in [-0.15, -0.1) is 0 Å². The van der Waals surface area contributed by atoms with E-state index < -0.39 is 0 Å². The van der Waals surface area contributed by atoms with Gasteiger partial charge in [0.15, 0.2) is 0 Å². The third-order valence-corrected chi connectivity index (χ3v) is 2.57. The van der Waals surface area contributed by atoms with Gasteiger partial charge in [-0.2, -0.15) is 0 Å². The van der Waals surface area contributed by atoms with Crippen molar-refractivity contribution in [2.75, 3.05) is 13.2 Å². The van der Waals surface area contributed by atoms with E-state index in [0.717, 1.165) is 25.9 Å².